The summed E-state index contributed by atoms with van der Waals surface area (Å²) >= 11 is 1.36. The zero-order valence-corrected chi connectivity index (χ0v) is 16.3. The Morgan fingerprint density at radius 1 is 1.11 bits per heavy atom. The lowest BCUT2D eigenvalue weighted by atomic mass is 9.85. The van der Waals surface area contributed by atoms with Crippen LogP contribution in [0.5, 0.6) is 0 Å². The first-order valence-electron chi connectivity index (χ1n) is 8.52. The van der Waals surface area contributed by atoms with Crippen LogP contribution in [0.25, 0.3) is 0 Å². The van der Waals surface area contributed by atoms with E-state index < -0.39 is 0 Å². The Labute approximate surface area is 161 Å². The fourth-order valence-corrected chi connectivity index (χ4v) is 3.48. The van der Waals surface area contributed by atoms with Crippen LogP contribution < -0.4 is 5.32 Å². The van der Waals surface area contributed by atoms with E-state index >= 15 is 0 Å². The van der Waals surface area contributed by atoms with Crippen molar-refractivity contribution in [2.24, 2.45) is 0 Å². The van der Waals surface area contributed by atoms with Crippen LogP contribution in [0.2, 0.25) is 0 Å². The molecule has 1 heterocycles. The van der Waals surface area contributed by atoms with Crippen molar-refractivity contribution in [3.63, 3.8) is 0 Å². The van der Waals surface area contributed by atoms with E-state index in [1.165, 1.54) is 28.4 Å². The van der Waals surface area contributed by atoms with Gasteiger partial charge in [0.05, 0.1) is 0 Å². The molecule has 0 fully saturated rings. The van der Waals surface area contributed by atoms with Gasteiger partial charge in [0.2, 0.25) is 5.13 Å². The van der Waals surface area contributed by atoms with E-state index in [-0.39, 0.29) is 17.3 Å². The predicted molar refractivity (Wildman–Crippen MR) is 105 cm³/mol. The third kappa shape index (κ3) is 4.49. The number of amides is 2. The highest BCUT2D eigenvalue weighted by molar-refractivity contribution is 7.15. The molecule has 0 aliphatic rings. The summed E-state index contributed by atoms with van der Waals surface area (Å²) in [5.41, 5.74) is 1.67. The molecule has 0 atom stereocenters. The van der Waals surface area contributed by atoms with E-state index in [9.17, 15) is 9.18 Å². The summed E-state index contributed by atoms with van der Waals surface area (Å²) in [5, 5.41) is 12.4. The lowest BCUT2D eigenvalue weighted by molar-refractivity contribution is 0.220. The molecule has 0 radical (unpaired) electrons. The van der Waals surface area contributed by atoms with Gasteiger partial charge in [0, 0.05) is 19.0 Å². The van der Waals surface area contributed by atoms with Crippen molar-refractivity contribution >= 4 is 22.5 Å². The Hall–Kier alpha value is -2.80. The van der Waals surface area contributed by atoms with E-state index in [4.69, 9.17) is 0 Å². The van der Waals surface area contributed by atoms with Gasteiger partial charge in [-0.25, -0.2) is 9.18 Å². The van der Waals surface area contributed by atoms with Gasteiger partial charge in [-0.2, -0.15) is 0 Å². The fraction of sp³-hybridized carbons (Fsp3) is 0.250. The van der Waals surface area contributed by atoms with Gasteiger partial charge in [0.25, 0.3) is 0 Å². The SMILES string of the molecule is CN(Cc1ccc(F)cc1)C(=O)Nc1nnc(C(C)(C)c2ccccc2)s1. The Morgan fingerprint density at radius 3 is 2.44 bits per heavy atom. The van der Waals surface area contributed by atoms with Crippen molar-refractivity contribution < 1.29 is 9.18 Å². The molecule has 1 N–H and O–H groups in total. The standard InChI is InChI=1S/C20H21FN4OS/c1-20(2,15-7-5-4-6-8-15)17-23-24-18(27-17)22-19(26)25(3)13-14-9-11-16(21)12-10-14/h4-12H,13H2,1-3H3,(H,22,24,26). The summed E-state index contributed by atoms with van der Waals surface area (Å²) in [6.45, 7) is 4.53. The molecule has 140 valence electrons. The minimum Gasteiger partial charge on any atom is -0.323 e. The second kappa shape index (κ2) is 7.84. The van der Waals surface area contributed by atoms with Crippen LogP contribution in [-0.4, -0.2) is 28.2 Å². The van der Waals surface area contributed by atoms with Crippen LogP contribution >= 0.6 is 11.3 Å². The molecule has 2 aromatic carbocycles. The van der Waals surface area contributed by atoms with E-state index in [0.29, 0.717) is 11.7 Å². The first-order chi connectivity index (χ1) is 12.9. The summed E-state index contributed by atoms with van der Waals surface area (Å²) in [5.74, 6) is -0.298. The Morgan fingerprint density at radius 2 is 1.78 bits per heavy atom. The number of halogens is 1. The largest absolute Gasteiger partial charge is 0.323 e. The normalized spacial score (nSPS) is 11.3. The lowest BCUT2D eigenvalue weighted by Gasteiger charge is -2.21. The van der Waals surface area contributed by atoms with Crippen LogP contribution in [0.3, 0.4) is 0 Å². The zero-order valence-electron chi connectivity index (χ0n) is 15.4. The average Bonchev–Trinajstić information content (AvgIpc) is 3.13. The van der Waals surface area contributed by atoms with Crippen LogP contribution in [0, 0.1) is 5.82 Å². The lowest BCUT2D eigenvalue weighted by Crippen LogP contribution is -2.30. The van der Waals surface area contributed by atoms with Crippen molar-refractivity contribution in [2.75, 3.05) is 12.4 Å². The molecular formula is C20H21FN4OS. The number of hydrogen-bond acceptors (Lipinski definition) is 4. The van der Waals surface area contributed by atoms with Gasteiger partial charge in [-0.1, -0.05) is 53.8 Å². The molecule has 0 unspecified atom stereocenters. The van der Waals surface area contributed by atoms with Crippen LogP contribution in [0.1, 0.15) is 30.0 Å². The number of nitrogens with zero attached hydrogens (tertiary/aromatic N) is 3. The summed E-state index contributed by atoms with van der Waals surface area (Å²) in [7, 11) is 1.68. The quantitative estimate of drug-likeness (QED) is 0.696. The van der Waals surface area contributed by atoms with E-state index in [2.05, 4.69) is 41.5 Å². The zero-order chi connectivity index (χ0) is 19.4. The van der Waals surface area contributed by atoms with Crippen LogP contribution in [0.15, 0.2) is 54.6 Å². The second-order valence-corrected chi connectivity index (χ2v) is 7.79. The predicted octanol–water partition coefficient (Wildman–Crippen LogP) is 4.67. The monoisotopic (exact) mass is 384 g/mol. The second-order valence-electron chi connectivity index (χ2n) is 6.82. The van der Waals surface area contributed by atoms with Crippen molar-refractivity contribution in [3.05, 3.63) is 76.5 Å². The number of benzene rings is 2. The summed E-state index contributed by atoms with van der Waals surface area (Å²) in [4.78, 5) is 13.9. The van der Waals surface area contributed by atoms with Crippen LogP contribution in [-0.2, 0) is 12.0 Å². The number of aromatic nitrogens is 2. The molecule has 3 rings (SSSR count). The third-order valence-corrected chi connectivity index (χ3v) is 5.51. The molecule has 3 aromatic rings. The van der Waals surface area contributed by atoms with Gasteiger partial charge in [-0.3, -0.25) is 5.32 Å². The number of nitrogens with one attached hydrogen (secondary N) is 1. The van der Waals surface area contributed by atoms with Gasteiger partial charge in [-0.05, 0) is 37.1 Å². The average molecular weight is 384 g/mol. The van der Waals surface area contributed by atoms with Crippen molar-refractivity contribution in [1.29, 1.82) is 0 Å². The molecule has 5 nitrogen and oxygen atoms in total. The van der Waals surface area contributed by atoms with E-state index in [1.807, 2.05) is 18.2 Å². The van der Waals surface area contributed by atoms with Crippen molar-refractivity contribution in [1.82, 2.24) is 15.1 Å². The van der Waals surface area contributed by atoms with Crippen molar-refractivity contribution in [3.8, 4) is 0 Å². The van der Waals surface area contributed by atoms with Crippen LogP contribution in [0.4, 0.5) is 14.3 Å². The number of carbonyl (C=O) groups excluding carboxylic acids is 1. The molecule has 0 spiro atoms. The highest BCUT2D eigenvalue weighted by Gasteiger charge is 2.28. The Bertz CT molecular complexity index is 909. The van der Waals surface area contributed by atoms with Gasteiger partial charge < -0.3 is 4.90 Å². The maximum Gasteiger partial charge on any atom is 0.323 e. The minimum atomic E-state index is -0.304. The summed E-state index contributed by atoms with van der Waals surface area (Å²) < 4.78 is 13.0. The molecule has 7 heteroatoms. The Kier molecular flexibility index (Phi) is 5.51. The minimum absolute atomic E-state index is 0.292. The molecule has 0 aliphatic heterocycles. The number of hydrogen-bond donors (Lipinski definition) is 1. The number of anilines is 1. The summed E-state index contributed by atoms with van der Waals surface area (Å²) in [6.07, 6.45) is 0. The molecule has 0 aliphatic carbocycles. The molecule has 2 amide bonds. The fourth-order valence-electron chi connectivity index (χ4n) is 2.63. The first-order valence-corrected chi connectivity index (χ1v) is 9.34. The molecule has 0 bridgehead atoms. The molecule has 1 aromatic heterocycles. The number of urea groups is 1. The van der Waals surface area contributed by atoms with Gasteiger partial charge in [0.15, 0.2) is 0 Å². The van der Waals surface area contributed by atoms with E-state index in [1.54, 1.807) is 19.2 Å². The highest BCUT2D eigenvalue weighted by atomic mass is 32.1. The van der Waals surface area contributed by atoms with E-state index in [0.717, 1.165) is 16.1 Å². The first kappa shape index (κ1) is 19.0. The van der Waals surface area contributed by atoms with Gasteiger partial charge >= 0.3 is 6.03 Å². The number of carbonyl (C=O) groups is 1. The molecular weight excluding hydrogens is 363 g/mol. The van der Waals surface area contributed by atoms with Gasteiger partial charge in [-0.15, -0.1) is 10.2 Å². The summed E-state index contributed by atoms with van der Waals surface area (Å²) in [6, 6.07) is 15.8. The van der Waals surface area contributed by atoms with Gasteiger partial charge in [0.1, 0.15) is 10.8 Å². The molecule has 0 saturated heterocycles. The number of rotatable bonds is 5. The third-order valence-electron chi connectivity index (χ3n) is 4.35. The smallest absolute Gasteiger partial charge is 0.323 e. The Balaban J connectivity index is 1.66. The maximum absolute atomic E-state index is 13.0. The molecule has 27 heavy (non-hydrogen) atoms. The van der Waals surface area contributed by atoms with Crippen molar-refractivity contribution in [2.45, 2.75) is 25.8 Å². The topological polar surface area (TPSA) is 58.1 Å². The highest BCUT2D eigenvalue weighted by Crippen LogP contribution is 2.34. The molecule has 0 saturated carbocycles. The maximum atomic E-state index is 13.0.